The first-order valence-electron chi connectivity index (χ1n) is 5.71. The number of fused-ring (bicyclic) bond motifs is 1. The van der Waals surface area contributed by atoms with Crippen molar-refractivity contribution in [2.75, 3.05) is 7.11 Å². The maximum atomic E-state index is 5.98. The van der Waals surface area contributed by atoms with Crippen molar-refractivity contribution < 1.29 is 4.74 Å². The van der Waals surface area contributed by atoms with Crippen molar-refractivity contribution >= 4 is 50.9 Å². The van der Waals surface area contributed by atoms with Gasteiger partial charge in [-0.3, -0.25) is 4.57 Å². The predicted molar refractivity (Wildman–Crippen MR) is 85.5 cm³/mol. The fraction of sp³-hybridized carbons (Fsp3) is 0.0769. The molecule has 102 valence electrons. The smallest absolute Gasteiger partial charge is 0.215 e. The van der Waals surface area contributed by atoms with Gasteiger partial charge < -0.3 is 9.72 Å². The fourth-order valence-corrected chi connectivity index (χ4v) is 3.12. The molecule has 7 heteroatoms. The number of hydrogen-bond donors (Lipinski definition) is 1. The molecule has 0 bridgehead atoms. The van der Waals surface area contributed by atoms with Crippen LogP contribution in [0.4, 0.5) is 0 Å². The van der Waals surface area contributed by atoms with Gasteiger partial charge in [0.1, 0.15) is 0 Å². The number of halogens is 2. The van der Waals surface area contributed by atoms with Gasteiger partial charge in [0.05, 0.1) is 18.3 Å². The third-order valence-electron chi connectivity index (χ3n) is 2.87. The monoisotopic (exact) mass is 369 g/mol. The minimum atomic E-state index is 0.533. The van der Waals surface area contributed by atoms with Gasteiger partial charge in [-0.15, -0.1) is 0 Å². The third kappa shape index (κ3) is 2.24. The normalized spacial score (nSPS) is 10.9. The SMILES string of the molecule is COc1ccc2[nH]c(=S)n(-c3ccc(Cl)cc3Br)c2n1. The summed E-state index contributed by atoms with van der Waals surface area (Å²) in [6.07, 6.45) is 0. The van der Waals surface area contributed by atoms with Crippen LogP contribution in [-0.4, -0.2) is 21.6 Å². The van der Waals surface area contributed by atoms with Gasteiger partial charge in [0.2, 0.25) is 5.88 Å². The molecule has 1 N–H and O–H groups in total. The number of H-pyrrole nitrogens is 1. The van der Waals surface area contributed by atoms with Crippen LogP contribution in [0, 0.1) is 4.77 Å². The minimum absolute atomic E-state index is 0.533. The van der Waals surface area contributed by atoms with Gasteiger partial charge in [-0.25, -0.2) is 0 Å². The maximum Gasteiger partial charge on any atom is 0.215 e. The molecule has 0 amide bonds. The predicted octanol–water partition coefficient (Wildman–Crippen LogP) is 4.51. The second-order valence-corrected chi connectivity index (χ2v) is 5.76. The summed E-state index contributed by atoms with van der Waals surface area (Å²) in [6.45, 7) is 0. The van der Waals surface area contributed by atoms with Crippen molar-refractivity contribution in [3.63, 3.8) is 0 Å². The summed E-state index contributed by atoms with van der Waals surface area (Å²) in [5.41, 5.74) is 2.42. The maximum absolute atomic E-state index is 5.98. The van der Waals surface area contributed by atoms with E-state index in [1.165, 1.54) is 0 Å². The standard InChI is InChI=1S/C13H9BrClN3OS/c1-19-11-5-3-9-12(17-11)18(13(20)16-9)10-4-2-7(15)6-8(10)14/h2-6H,1H3,(H,16,20). The molecule has 0 aliphatic carbocycles. The summed E-state index contributed by atoms with van der Waals surface area (Å²) in [4.78, 5) is 7.57. The summed E-state index contributed by atoms with van der Waals surface area (Å²) >= 11 is 14.9. The summed E-state index contributed by atoms with van der Waals surface area (Å²) < 4.78 is 8.41. The van der Waals surface area contributed by atoms with Crippen molar-refractivity contribution in [3.05, 3.63) is 44.6 Å². The summed E-state index contributed by atoms with van der Waals surface area (Å²) in [6, 6.07) is 9.18. The van der Waals surface area contributed by atoms with Gasteiger partial charge in [-0.2, -0.15) is 4.98 Å². The van der Waals surface area contributed by atoms with Crippen LogP contribution < -0.4 is 4.74 Å². The molecule has 2 heterocycles. The lowest BCUT2D eigenvalue weighted by Crippen LogP contribution is -1.97. The van der Waals surface area contributed by atoms with Crippen LogP contribution in [0.1, 0.15) is 0 Å². The van der Waals surface area contributed by atoms with Gasteiger partial charge in [-0.05, 0) is 52.4 Å². The van der Waals surface area contributed by atoms with Crippen molar-refractivity contribution in [1.82, 2.24) is 14.5 Å². The lowest BCUT2D eigenvalue weighted by molar-refractivity contribution is 0.399. The Labute approximate surface area is 133 Å². The van der Waals surface area contributed by atoms with E-state index in [0.29, 0.717) is 21.3 Å². The van der Waals surface area contributed by atoms with Crippen LogP contribution in [0.5, 0.6) is 5.88 Å². The quantitative estimate of drug-likeness (QED) is 0.675. The molecule has 0 saturated carbocycles. The first kappa shape index (κ1) is 13.6. The van der Waals surface area contributed by atoms with Crippen molar-refractivity contribution in [2.45, 2.75) is 0 Å². The minimum Gasteiger partial charge on any atom is -0.481 e. The lowest BCUT2D eigenvalue weighted by Gasteiger charge is -2.07. The summed E-state index contributed by atoms with van der Waals surface area (Å²) in [7, 11) is 1.58. The molecule has 3 aromatic rings. The average Bonchev–Trinajstić information content (AvgIpc) is 2.74. The van der Waals surface area contributed by atoms with Gasteiger partial charge in [-0.1, -0.05) is 11.6 Å². The van der Waals surface area contributed by atoms with E-state index in [1.54, 1.807) is 13.2 Å². The zero-order chi connectivity index (χ0) is 14.3. The topological polar surface area (TPSA) is 42.8 Å². The number of nitrogens with one attached hydrogen (secondary N) is 1. The highest BCUT2D eigenvalue weighted by Crippen LogP contribution is 2.28. The zero-order valence-corrected chi connectivity index (χ0v) is 13.5. The van der Waals surface area contributed by atoms with E-state index in [4.69, 9.17) is 28.6 Å². The molecule has 0 radical (unpaired) electrons. The van der Waals surface area contributed by atoms with Crippen LogP contribution in [0.2, 0.25) is 5.02 Å². The largest absolute Gasteiger partial charge is 0.481 e. The highest BCUT2D eigenvalue weighted by Gasteiger charge is 2.12. The third-order valence-corrected chi connectivity index (χ3v) is 4.02. The van der Waals surface area contributed by atoms with E-state index in [0.717, 1.165) is 15.7 Å². The van der Waals surface area contributed by atoms with E-state index in [2.05, 4.69) is 25.9 Å². The van der Waals surface area contributed by atoms with Gasteiger partial charge >= 0.3 is 0 Å². The van der Waals surface area contributed by atoms with E-state index >= 15 is 0 Å². The van der Waals surface area contributed by atoms with Gasteiger partial charge in [0.15, 0.2) is 10.4 Å². The summed E-state index contributed by atoms with van der Waals surface area (Å²) in [5.74, 6) is 0.533. The molecule has 20 heavy (non-hydrogen) atoms. The molecule has 0 aliphatic rings. The number of methoxy groups -OCH3 is 1. The molecule has 0 fully saturated rings. The van der Waals surface area contributed by atoms with Crippen molar-refractivity contribution in [3.8, 4) is 11.6 Å². The van der Waals surface area contributed by atoms with E-state index in [-0.39, 0.29) is 0 Å². The first-order valence-corrected chi connectivity index (χ1v) is 7.29. The molecule has 0 spiro atoms. The number of pyridine rings is 1. The number of nitrogens with zero attached hydrogens (tertiary/aromatic N) is 2. The van der Waals surface area contributed by atoms with E-state index < -0.39 is 0 Å². The van der Waals surface area contributed by atoms with Crippen LogP contribution in [-0.2, 0) is 0 Å². The molecule has 0 saturated heterocycles. The Morgan fingerprint density at radius 2 is 2.15 bits per heavy atom. The number of aromatic nitrogens is 3. The lowest BCUT2D eigenvalue weighted by atomic mass is 10.3. The Bertz CT molecular complexity index is 858. The number of rotatable bonds is 2. The number of aromatic amines is 1. The fourth-order valence-electron chi connectivity index (χ4n) is 1.97. The van der Waals surface area contributed by atoms with E-state index in [1.807, 2.05) is 28.8 Å². The molecule has 0 unspecified atom stereocenters. The Morgan fingerprint density at radius 1 is 1.35 bits per heavy atom. The Hall–Kier alpha value is -1.37. The Kier molecular flexibility index (Phi) is 3.54. The second kappa shape index (κ2) is 5.20. The number of benzene rings is 1. The van der Waals surface area contributed by atoms with Crippen molar-refractivity contribution in [1.29, 1.82) is 0 Å². The number of imidazole rings is 1. The molecular formula is C13H9BrClN3OS. The number of hydrogen-bond acceptors (Lipinski definition) is 3. The summed E-state index contributed by atoms with van der Waals surface area (Å²) in [5, 5.41) is 0.650. The average molecular weight is 371 g/mol. The molecule has 2 aromatic heterocycles. The van der Waals surface area contributed by atoms with Crippen LogP contribution in [0.25, 0.3) is 16.9 Å². The Balaban J connectivity index is 2.34. The molecule has 4 nitrogen and oxygen atoms in total. The van der Waals surface area contributed by atoms with Gasteiger partial charge in [0.25, 0.3) is 0 Å². The first-order chi connectivity index (χ1) is 9.60. The van der Waals surface area contributed by atoms with Gasteiger partial charge in [0, 0.05) is 15.6 Å². The van der Waals surface area contributed by atoms with Crippen LogP contribution >= 0.6 is 39.7 Å². The molecule has 0 atom stereocenters. The molecular weight excluding hydrogens is 362 g/mol. The second-order valence-electron chi connectivity index (χ2n) is 4.09. The molecule has 0 aliphatic heterocycles. The zero-order valence-electron chi connectivity index (χ0n) is 10.4. The highest BCUT2D eigenvalue weighted by atomic mass is 79.9. The van der Waals surface area contributed by atoms with E-state index in [9.17, 15) is 0 Å². The highest BCUT2D eigenvalue weighted by molar-refractivity contribution is 9.10. The Morgan fingerprint density at radius 3 is 2.85 bits per heavy atom. The molecule has 1 aromatic carbocycles. The van der Waals surface area contributed by atoms with Crippen LogP contribution in [0.3, 0.4) is 0 Å². The van der Waals surface area contributed by atoms with Crippen LogP contribution in [0.15, 0.2) is 34.8 Å². The van der Waals surface area contributed by atoms with Crippen molar-refractivity contribution in [2.24, 2.45) is 0 Å². The number of ether oxygens (including phenoxy) is 1. The molecule has 3 rings (SSSR count).